The first-order chi connectivity index (χ1) is 5.42. The van der Waals surface area contributed by atoms with Crippen molar-refractivity contribution in [2.75, 3.05) is 12.4 Å². The molecule has 0 fully saturated rings. The molecule has 0 aliphatic heterocycles. The second-order valence-electron chi connectivity index (χ2n) is 2.19. The van der Waals surface area contributed by atoms with Crippen LogP contribution in [0.5, 0.6) is 0 Å². The number of fused-ring (bicyclic) bond motifs is 1. The molecule has 0 spiro atoms. The SMILES string of the molecule is CNc1nccn2nccc12. The Morgan fingerprint density at radius 2 is 2.36 bits per heavy atom. The lowest BCUT2D eigenvalue weighted by atomic mass is 10.5. The highest BCUT2D eigenvalue weighted by Crippen LogP contribution is 2.10. The van der Waals surface area contributed by atoms with Crippen molar-refractivity contribution in [1.82, 2.24) is 14.6 Å². The number of nitrogens with one attached hydrogen (secondary N) is 1. The molecule has 0 saturated carbocycles. The largest absolute Gasteiger partial charge is 0.371 e. The second kappa shape index (κ2) is 2.23. The molecule has 0 bridgehead atoms. The Kier molecular flexibility index (Phi) is 1.25. The summed E-state index contributed by atoms with van der Waals surface area (Å²) in [6, 6.07) is 1.92. The minimum atomic E-state index is 0.852. The third-order valence-electron chi connectivity index (χ3n) is 1.56. The molecule has 2 aromatic heterocycles. The highest BCUT2D eigenvalue weighted by atomic mass is 15.2. The van der Waals surface area contributed by atoms with Crippen LogP contribution in [0.15, 0.2) is 24.7 Å². The zero-order valence-corrected chi connectivity index (χ0v) is 6.15. The van der Waals surface area contributed by atoms with Gasteiger partial charge in [-0.15, -0.1) is 0 Å². The lowest BCUT2D eigenvalue weighted by Crippen LogP contribution is -1.96. The Hall–Kier alpha value is -1.58. The van der Waals surface area contributed by atoms with Crippen LogP contribution in [-0.2, 0) is 0 Å². The van der Waals surface area contributed by atoms with E-state index in [9.17, 15) is 0 Å². The maximum Gasteiger partial charge on any atom is 0.151 e. The van der Waals surface area contributed by atoms with Gasteiger partial charge in [0.1, 0.15) is 5.52 Å². The summed E-state index contributed by atoms with van der Waals surface area (Å²) in [7, 11) is 1.84. The molecule has 4 nitrogen and oxygen atoms in total. The summed E-state index contributed by atoms with van der Waals surface area (Å²) in [5.74, 6) is 0.852. The van der Waals surface area contributed by atoms with Gasteiger partial charge in [0.05, 0.1) is 6.20 Å². The van der Waals surface area contributed by atoms with Crippen molar-refractivity contribution in [3.63, 3.8) is 0 Å². The predicted molar refractivity (Wildman–Crippen MR) is 42.5 cm³/mol. The molecule has 0 aliphatic carbocycles. The molecule has 11 heavy (non-hydrogen) atoms. The summed E-state index contributed by atoms with van der Waals surface area (Å²) in [5.41, 5.74) is 0.995. The maximum atomic E-state index is 4.13. The normalized spacial score (nSPS) is 10.3. The first-order valence-electron chi connectivity index (χ1n) is 3.38. The smallest absolute Gasteiger partial charge is 0.151 e. The van der Waals surface area contributed by atoms with Crippen LogP contribution >= 0.6 is 0 Å². The fourth-order valence-corrected chi connectivity index (χ4v) is 1.05. The number of rotatable bonds is 1. The molecule has 4 heteroatoms. The monoisotopic (exact) mass is 148 g/mol. The van der Waals surface area contributed by atoms with Crippen molar-refractivity contribution in [3.8, 4) is 0 Å². The Labute approximate surface area is 63.9 Å². The van der Waals surface area contributed by atoms with Crippen molar-refractivity contribution >= 4 is 11.3 Å². The summed E-state index contributed by atoms with van der Waals surface area (Å²) in [5, 5.41) is 7.05. The number of anilines is 1. The summed E-state index contributed by atoms with van der Waals surface area (Å²) >= 11 is 0. The van der Waals surface area contributed by atoms with Gasteiger partial charge in [0.25, 0.3) is 0 Å². The van der Waals surface area contributed by atoms with Gasteiger partial charge in [0.15, 0.2) is 5.82 Å². The van der Waals surface area contributed by atoms with Crippen molar-refractivity contribution in [2.45, 2.75) is 0 Å². The van der Waals surface area contributed by atoms with Gasteiger partial charge in [-0.1, -0.05) is 0 Å². The van der Waals surface area contributed by atoms with E-state index >= 15 is 0 Å². The molecule has 56 valence electrons. The van der Waals surface area contributed by atoms with Gasteiger partial charge in [-0.3, -0.25) is 0 Å². The van der Waals surface area contributed by atoms with E-state index in [1.807, 2.05) is 19.3 Å². The van der Waals surface area contributed by atoms with Crippen molar-refractivity contribution in [1.29, 1.82) is 0 Å². The standard InChI is InChI=1S/C7H8N4/c1-8-7-6-2-3-10-11(6)5-4-9-7/h2-5H,1H3,(H,8,9). The Balaban J connectivity index is 2.79. The molecule has 2 heterocycles. The van der Waals surface area contributed by atoms with Crippen LogP contribution in [0, 0.1) is 0 Å². The number of hydrogen-bond acceptors (Lipinski definition) is 3. The molecule has 0 aromatic carbocycles. The Morgan fingerprint density at radius 1 is 1.45 bits per heavy atom. The summed E-state index contributed by atoms with van der Waals surface area (Å²) in [4.78, 5) is 4.13. The average Bonchev–Trinajstić information content (AvgIpc) is 2.50. The molecule has 2 rings (SSSR count). The minimum Gasteiger partial charge on any atom is -0.371 e. The summed E-state index contributed by atoms with van der Waals surface area (Å²) < 4.78 is 1.78. The fourth-order valence-electron chi connectivity index (χ4n) is 1.05. The molecule has 0 aliphatic rings. The van der Waals surface area contributed by atoms with Crippen LogP contribution in [0.25, 0.3) is 5.52 Å². The number of nitrogens with zero attached hydrogens (tertiary/aromatic N) is 3. The summed E-state index contributed by atoms with van der Waals surface area (Å²) in [6.07, 6.45) is 5.28. The predicted octanol–water partition coefficient (Wildman–Crippen LogP) is 0.771. The topological polar surface area (TPSA) is 42.2 Å². The third-order valence-corrected chi connectivity index (χ3v) is 1.56. The first kappa shape index (κ1) is 6.15. The third kappa shape index (κ3) is 0.832. The molecular formula is C7H8N4. The van der Waals surface area contributed by atoms with Gasteiger partial charge < -0.3 is 5.32 Å². The van der Waals surface area contributed by atoms with Crippen LogP contribution in [0.4, 0.5) is 5.82 Å². The lowest BCUT2D eigenvalue weighted by Gasteiger charge is -1.99. The Morgan fingerprint density at radius 3 is 3.18 bits per heavy atom. The van der Waals surface area contributed by atoms with E-state index in [2.05, 4.69) is 15.4 Å². The van der Waals surface area contributed by atoms with E-state index < -0.39 is 0 Å². The molecule has 0 atom stereocenters. The van der Waals surface area contributed by atoms with Crippen molar-refractivity contribution < 1.29 is 0 Å². The lowest BCUT2D eigenvalue weighted by molar-refractivity contribution is 0.947. The molecule has 0 saturated heterocycles. The molecule has 0 unspecified atom stereocenters. The van der Waals surface area contributed by atoms with Gasteiger partial charge in [-0.05, 0) is 6.07 Å². The van der Waals surface area contributed by atoms with Gasteiger partial charge in [0, 0.05) is 19.4 Å². The zero-order valence-electron chi connectivity index (χ0n) is 6.15. The van der Waals surface area contributed by atoms with Crippen LogP contribution in [0.1, 0.15) is 0 Å². The van der Waals surface area contributed by atoms with Gasteiger partial charge in [0.2, 0.25) is 0 Å². The van der Waals surface area contributed by atoms with Crippen molar-refractivity contribution in [2.24, 2.45) is 0 Å². The van der Waals surface area contributed by atoms with Gasteiger partial charge >= 0.3 is 0 Å². The van der Waals surface area contributed by atoms with Crippen LogP contribution in [0.3, 0.4) is 0 Å². The first-order valence-corrected chi connectivity index (χ1v) is 3.38. The highest BCUT2D eigenvalue weighted by Gasteiger charge is 1.98. The summed E-state index contributed by atoms with van der Waals surface area (Å²) in [6.45, 7) is 0. The van der Waals surface area contributed by atoms with E-state index in [1.54, 1.807) is 16.9 Å². The zero-order chi connectivity index (χ0) is 7.68. The molecule has 0 radical (unpaired) electrons. The molecular weight excluding hydrogens is 140 g/mol. The van der Waals surface area contributed by atoms with E-state index in [1.165, 1.54) is 0 Å². The quantitative estimate of drug-likeness (QED) is 0.649. The fraction of sp³-hybridized carbons (Fsp3) is 0.143. The minimum absolute atomic E-state index is 0.852. The maximum absolute atomic E-state index is 4.13. The molecule has 1 N–H and O–H groups in total. The van der Waals surface area contributed by atoms with E-state index in [0.29, 0.717) is 0 Å². The van der Waals surface area contributed by atoms with Crippen LogP contribution in [0.2, 0.25) is 0 Å². The van der Waals surface area contributed by atoms with E-state index in [4.69, 9.17) is 0 Å². The van der Waals surface area contributed by atoms with Crippen molar-refractivity contribution in [3.05, 3.63) is 24.7 Å². The van der Waals surface area contributed by atoms with Gasteiger partial charge in [-0.2, -0.15) is 5.10 Å². The highest BCUT2D eigenvalue weighted by molar-refractivity contribution is 5.66. The average molecular weight is 148 g/mol. The van der Waals surface area contributed by atoms with E-state index in [-0.39, 0.29) is 0 Å². The van der Waals surface area contributed by atoms with Crippen LogP contribution < -0.4 is 5.32 Å². The Bertz CT molecular complexity index is 365. The molecule has 0 amide bonds. The van der Waals surface area contributed by atoms with E-state index in [0.717, 1.165) is 11.3 Å². The second-order valence-corrected chi connectivity index (χ2v) is 2.19. The number of aromatic nitrogens is 3. The van der Waals surface area contributed by atoms with Crippen LogP contribution in [-0.4, -0.2) is 21.6 Å². The van der Waals surface area contributed by atoms with Gasteiger partial charge in [-0.25, -0.2) is 9.50 Å². The number of hydrogen-bond donors (Lipinski definition) is 1. The molecule has 2 aromatic rings.